The van der Waals surface area contributed by atoms with E-state index in [1.807, 2.05) is 41.3 Å². The highest BCUT2D eigenvalue weighted by Gasteiger charge is 2.29. The van der Waals surface area contributed by atoms with Gasteiger partial charge >= 0.3 is 5.69 Å². The first-order valence-corrected chi connectivity index (χ1v) is 9.46. The molecule has 0 spiro atoms. The Morgan fingerprint density at radius 3 is 2.54 bits per heavy atom. The Morgan fingerprint density at radius 2 is 1.89 bits per heavy atom. The van der Waals surface area contributed by atoms with Gasteiger partial charge < -0.3 is 14.9 Å². The molecule has 2 aromatic rings. The lowest BCUT2D eigenvalue weighted by atomic mass is 10.1. The van der Waals surface area contributed by atoms with Crippen molar-refractivity contribution >= 4 is 29.6 Å². The summed E-state index contributed by atoms with van der Waals surface area (Å²) in [6.45, 7) is 1.77. The van der Waals surface area contributed by atoms with Gasteiger partial charge in [0.15, 0.2) is 0 Å². The van der Waals surface area contributed by atoms with Gasteiger partial charge in [0, 0.05) is 26.7 Å². The number of rotatable bonds is 7. The van der Waals surface area contributed by atoms with Crippen LogP contribution in [0.2, 0.25) is 0 Å². The predicted molar refractivity (Wildman–Crippen MR) is 110 cm³/mol. The van der Waals surface area contributed by atoms with Crippen molar-refractivity contribution in [3.05, 3.63) is 51.7 Å². The lowest BCUT2D eigenvalue weighted by molar-refractivity contribution is -0.384. The minimum atomic E-state index is -0.398. The van der Waals surface area contributed by atoms with Gasteiger partial charge in [-0.05, 0) is 30.9 Å². The highest BCUT2D eigenvalue weighted by atomic mass is 16.6. The van der Waals surface area contributed by atoms with E-state index in [1.54, 1.807) is 18.0 Å². The van der Waals surface area contributed by atoms with Crippen molar-refractivity contribution in [3.8, 4) is 0 Å². The molecule has 28 heavy (non-hydrogen) atoms. The van der Waals surface area contributed by atoms with E-state index in [4.69, 9.17) is 0 Å². The fourth-order valence-electron chi connectivity index (χ4n) is 3.23. The van der Waals surface area contributed by atoms with Crippen LogP contribution in [0, 0.1) is 10.1 Å². The van der Waals surface area contributed by atoms with Crippen LogP contribution in [0.3, 0.4) is 0 Å². The molecule has 1 aliphatic heterocycles. The smallest absolute Gasteiger partial charge is 0.337 e. The Morgan fingerprint density at radius 1 is 1.18 bits per heavy atom. The zero-order valence-electron chi connectivity index (χ0n) is 16.0. The number of benzene rings is 1. The van der Waals surface area contributed by atoms with Crippen LogP contribution in [-0.2, 0) is 0 Å². The van der Waals surface area contributed by atoms with Crippen molar-refractivity contribution in [2.24, 2.45) is 0 Å². The van der Waals surface area contributed by atoms with Gasteiger partial charge in [0.05, 0.1) is 11.5 Å². The topological polar surface area (TPSA) is 95.6 Å². The average Bonchev–Trinajstić information content (AvgIpc) is 2.73. The van der Waals surface area contributed by atoms with E-state index in [1.165, 1.54) is 0 Å². The van der Waals surface area contributed by atoms with E-state index in [9.17, 15) is 15.2 Å². The summed E-state index contributed by atoms with van der Waals surface area (Å²) in [6, 6.07) is 9.59. The van der Waals surface area contributed by atoms with E-state index in [0.717, 1.165) is 37.9 Å². The molecular weight excluding hydrogens is 358 g/mol. The van der Waals surface area contributed by atoms with Crippen molar-refractivity contribution < 1.29 is 10.0 Å². The van der Waals surface area contributed by atoms with E-state index in [-0.39, 0.29) is 18.0 Å². The third-order valence-electron chi connectivity index (χ3n) is 4.73. The van der Waals surface area contributed by atoms with Crippen molar-refractivity contribution in [2.75, 3.05) is 43.1 Å². The van der Waals surface area contributed by atoms with Gasteiger partial charge in [-0.15, -0.1) is 0 Å². The van der Waals surface area contributed by atoms with Crippen LogP contribution < -0.4 is 9.80 Å². The lowest BCUT2D eigenvalue weighted by Gasteiger charge is -2.28. The van der Waals surface area contributed by atoms with Crippen molar-refractivity contribution in [3.63, 3.8) is 0 Å². The van der Waals surface area contributed by atoms with Gasteiger partial charge in [-0.25, -0.2) is 4.98 Å². The molecule has 8 nitrogen and oxygen atoms in total. The summed E-state index contributed by atoms with van der Waals surface area (Å²) in [5.41, 5.74) is 1.12. The average molecular weight is 383 g/mol. The number of piperidine rings is 1. The van der Waals surface area contributed by atoms with Crippen LogP contribution in [0.5, 0.6) is 0 Å². The molecule has 1 N–H and O–H groups in total. The van der Waals surface area contributed by atoms with Crippen LogP contribution in [-0.4, -0.2) is 53.3 Å². The molecule has 0 saturated carbocycles. The number of likely N-dealkylation sites (N-methyl/N-ethyl adjacent to an activating group) is 1. The maximum Gasteiger partial charge on any atom is 0.337 e. The molecule has 0 bridgehead atoms. The van der Waals surface area contributed by atoms with Crippen LogP contribution >= 0.6 is 0 Å². The quantitative estimate of drug-likeness (QED) is 0.580. The largest absolute Gasteiger partial charge is 0.395 e. The van der Waals surface area contributed by atoms with Crippen LogP contribution in [0.1, 0.15) is 30.5 Å². The zero-order chi connectivity index (χ0) is 19.9. The molecule has 1 aromatic carbocycles. The number of aliphatic hydroxyl groups excluding tert-OH is 1. The summed E-state index contributed by atoms with van der Waals surface area (Å²) in [4.78, 5) is 24.1. The molecule has 0 amide bonds. The minimum Gasteiger partial charge on any atom is -0.395 e. The number of aliphatic hydroxyl groups is 1. The van der Waals surface area contributed by atoms with Crippen molar-refractivity contribution in [1.82, 2.24) is 9.97 Å². The summed E-state index contributed by atoms with van der Waals surface area (Å²) >= 11 is 0. The van der Waals surface area contributed by atoms with Crippen molar-refractivity contribution in [2.45, 2.75) is 19.3 Å². The third kappa shape index (κ3) is 4.64. The van der Waals surface area contributed by atoms with Gasteiger partial charge in [-0.1, -0.05) is 36.4 Å². The number of hydrogen-bond acceptors (Lipinski definition) is 7. The molecule has 3 rings (SSSR count). The minimum absolute atomic E-state index is 0.0505. The van der Waals surface area contributed by atoms with Crippen molar-refractivity contribution in [1.29, 1.82) is 0 Å². The maximum atomic E-state index is 11.9. The number of nitro groups is 1. The summed E-state index contributed by atoms with van der Waals surface area (Å²) < 4.78 is 0. The molecule has 1 saturated heterocycles. The Bertz CT molecular complexity index is 835. The van der Waals surface area contributed by atoms with Gasteiger partial charge in [-0.3, -0.25) is 10.1 Å². The molecule has 0 aliphatic carbocycles. The van der Waals surface area contributed by atoms with Gasteiger partial charge in [0.25, 0.3) is 0 Å². The number of aromatic nitrogens is 2. The number of nitrogens with zero attached hydrogens (tertiary/aromatic N) is 5. The highest BCUT2D eigenvalue weighted by molar-refractivity contribution is 5.77. The number of hydrogen-bond donors (Lipinski definition) is 1. The molecule has 0 atom stereocenters. The molecule has 0 unspecified atom stereocenters. The standard InChI is InChI=1S/C20H25N5O3/c1-23(14-15-26)20-21-17(11-10-16-8-4-2-5-9-16)18(25(27)28)19(22-20)24-12-6-3-7-13-24/h2,4-5,8-11,26H,3,6-7,12-15H2,1H3/b11-10+. The first kappa shape index (κ1) is 19.8. The van der Waals surface area contributed by atoms with Crippen LogP contribution in [0.25, 0.3) is 12.2 Å². The first-order valence-electron chi connectivity index (χ1n) is 9.46. The number of anilines is 2. The van der Waals surface area contributed by atoms with Crippen LogP contribution in [0.4, 0.5) is 17.5 Å². The normalized spacial score (nSPS) is 14.4. The third-order valence-corrected chi connectivity index (χ3v) is 4.73. The fraction of sp³-hybridized carbons (Fsp3) is 0.400. The van der Waals surface area contributed by atoms with Gasteiger partial charge in [-0.2, -0.15) is 4.98 Å². The summed E-state index contributed by atoms with van der Waals surface area (Å²) in [5, 5.41) is 21.2. The second-order valence-electron chi connectivity index (χ2n) is 6.78. The Hall–Kier alpha value is -3.00. The summed E-state index contributed by atoms with van der Waals surface area (Å²) in [5.74, 6) is 0.722. The van der Waals surface area contributed by atoms with E-state index >= 15 is 0 Å². The van der Waals surface area contributed by atoms with Gasteiger partial charge in [0.2, 0.25) is 11.8 Å². The molecule has 1 aliphatic rings. The Labute approximate surface area is 164 Å². The molecular formula is C20H25N5O3. The fourth-order valence-corrected chi connectivity index (χ4v) is 3.23. The first-order chi connectivity index (χ1) is 13.6. The Kier molecular flexibility index (Phi) is 6.54. The molecule has 148 valence electrons. The lowest BCUT2D eigenvalue weighted by Crippen LogP contribution is -2.32. The Balaban J connectivity index is 2.09. The highest BCUT2D eigenvalue weighted by Crippen LogP contribution is 2.33. The zero-order valence-corrected chi connectivity index (χ0v) is 16.0. The molecule has 8 heteroatoms. The van der Waals surface area contributed by atoms with Gasteiger partial charge in [0.1, 0.15) is 5.69 Å². The predicted octanol–water partition coefficient (Wildman–Crippen LogP) is 2.97. The maximum absolute atomic E-state index is 11.9. The van der Waals surface area contributed by atoms with E-state index in [2.05, 4.69) is 9.97 Å². The monoisotopic (exact) mass is 383 g/mol. The molecule has 0 radical (unpaired) electrons. The van der Waals surface area contributed by atoms with E-state index < -0.39 is 4.92 Å². The summed E-state index contributed by atoms with van der Waals surface area (Å²) in [7, 11) is 1.77. The second kappa shape index (κ2) is 9.27. The molecule has 2 heterocycles. The SMILES string of the molecule is CN(CCO)c1nc(/C=C/c2ccccc2)c([N+](=O)[O-])c(N2CCCCC2)n1. The molecule has 1 aromatic heterocycles. The summed E-state index contributed by atoms with van der Waals surface area (Å²) in [6.07, 6.45) is 6.56. The molecule has 1 fully saturated rings. The van der Waals surface area contributed by atoms with E-state index in [0.29, 0.717) is 18.3 Å². The van der Waals surface area contributed by atoms with Crippen LogP contribution in [0.15, 0.2) is 30.3 Å². The second-order valence-corrected chi connectivity index (χ2v) is 6.78.